The molecule has 1 atom stereocenters. The summed E-state index contributed by atoms with van der Waals surface area (Å²) in [7, 11) is 0. The monoisotopic (exact) mass is 452 g/mol. The second-order valence-corrected chi connectivity index (χ2v) is 7.99. The average molecular weight is 453 g/mol. The molecule has 0 aliphatic rings. The molecule has 1 amide bonds. The maximum atomic E-state index is 12.8. The number of aromatic amines is 1. The van der Waals surface area contributed by atoms with E-state index in [9.17, 15) is 4.79 Å². The van der Waals surface area contributed by atoms with Gasteiger partial charge in [-0.05, 0) is 62.5 Å². The zero-order chi connectivity index (χ0) is 22.0. The third-order valence-corrected chi connectivity index (χ3v) is 5.62. The second kappa shape index (κ2) is 8.87. The van der Waals surface area contributed by atoms with Crippen molar-refractivity contribution in [2.75, 3.05) is 0 Å². The van der Waals surface area contributed by atoms with Crippen LogP contribution in [0.25, 0.3) is 17.1 Å². The zero-order valence-corrected chi connectivity index (χ0v) is 18.6. The van der Waals surface area contributed by atoms with Crippen molar-refractivity contribution in [2.45, 2.75) is 26.4 Å². The molecule has 2 aromatic carbocycles. The van der Waals surface area contributed by atoms with Gasteiger partial charge in [0, 0.05) is 21.8 Å². The largest absolute Gasteiger partial charge is 0.348 e. The molecule has 4 rings (SSSR count). The Morgan fingerprint density at radius 1 is 1.19 bits per heavy atom. The Hall–Kier alpha value is -3.23. The standard InChI is InChI=1S/C22H21ClN6OS/c1-14(19-12-24-29(15(19)2)18-6-4-3-5-7-18)25-20(30)13-28-21(26-27-22(28)31)16-8-10-17(23)11-9-16/h3-12,14H,13H2,1-2H3,(H,25,30)(H,27,31). The molecule has 7 nitrogen and oxygen atoms in total. The summed E-state index contributed by atoms with van der Waals surface area (Å²) in [5.74, 6) is 0.407. The number of carbonyl (C=O) groups is 1. The van der Waals surface area contributed by atoms with Crippen LogP contribution in [0.5, 0.6) is 0 Å². The van der Waals surface area contributed by atoms with Crippen molar-refractivity contribution in [3.63, 3.8) is 0 Å². The zero-order valence-electron chi connectivity index (χ0n) is 17.0. The number of nitrogens with one attached hydrogen (secondary N) is 2. The molecule has 158 valence electrons. The van der Waals surface area contributed by atoms with Crippen molar-refractivity contribution >= 4 is 29.7 Å². The van der Waals surface area contributed by atoms with Gasteiger partial charge in [0.25, 0.3) is 0 Å². The molecular weight excluding hydrogens is 432 g/mol. The molecule has 0 fully saturated rings. The highest BCUT2D eigenvalue weighted by Gasteiger charge is 2.18. The minimum absolute atomic E-state index is 0.0451. The van der Waals surface area contributed by atoms with Gasteiger partial charge < -0.3 is 5.32 Å². The van der Waals surface area contributed by atoms with Gasteiger partial charge in [0.05, 0.1) is 17.9 Å². The van der Waals surface area contributed by atoms with E-state index in [4.69, 9.17) is 23.8 Å². The smallest absolute Gasteiger partial charge is 0.240 e. The minimum atomic E-state index is -0.218. The van der Waals surface area contributed by atoms with Crippen molar-refractivity contribution < 1.29 is 4.79 Å². The number of rotatable bonds is 6. The third-order valence-electron chi connectivity index (χ3n) is 5.05. The number of halogens is 1. The van der Waals surface area contributed by atoms with Gasteiger partial charge in [-0.1, -0.05) is 29.8 Å². The van der Waals surface area contributed by atoms with Gasteiger partial charge in [0.2, 0.25) is 5.91 Å². The van der Waals surface area contributed by atoms with Gasteiger partial charge in [-0.3, -0.25) is 14.5 Å². The lowest BCUT2D eigenvalue weighted by Gasteiger charge is -2.15. The third kappa shape index (κ3) is 4.45. The Balaban J connectivity index is 1.50. The predicted octanol–water partition coefficient (Wildman–Crippen LogP) is 4.63. The van der Waals surface area contributed by atoms with Crippen LogP contribution in [-0.2, 0) is 11.3 Å². The van der Waals surface area contributed by atoms with E-state index in [0.717, 1.165) is 22.5 Å². The minimum Gasteiger partial charge on any atom is -0.348 e. The van der Waals surface area contributed by atoms with Crippen molar-refractivity contribution in [3.05, 3.63) is 81.8 Å². The lowest BCUT2D eigenvalue weighted by atomic mass is 10.1. The molecule has 0 spiro atoms. The maximum Gasteiger partial charge on any atom is 0.240 e. The fourth-order valence-corrected chi connectivity index (χ4v) is 3.79. The molecule has 4 aromatic rings. The number of amides is 1. The summed E-state index contributed by atoms with van der Waals surface area (Å²) in [6.45, 7) is 3.97. The molecule has 0 radical (unpaired) electrons. The molecule has 0 saturated heterocycles. The molecule has 0 bridgehead atoms. The van der Waals surface area contributed by atoms with Gasteiger partial charge >= 0.3 is 0 Å². The van der Waals surface area contributed by atoms with Crippen molar-refractivity contribution in [2.24, 2.45) is 0 Å². The van der Waals surface area contributed by atoms with Crippen molar-refractivity contribution in [3.8, 4) is 17.1 Å². The Kier molecular flexibility index (Phi) is 6.01. The fraction of sp³-hybridized carbons (Fsp3) is 0.182. The molecular formula is C22H21ClN6OS. The highest BCUT2D eigenvalue weighted by molar-refractivity contribution is 7.71. The number of carbonyl (C=O) groups excluding carboxylic acids is 1. The number of aromatic nitrogens is 5. The molecule has 9 heteroatoms. The van der Waals surface area contributed by atoms with Crippen LogP contribution in [0.1, 0.15) is 24.2 Å². The normalized spacial score (nSPS) is 12.0. The van der Waals surface area contributed by atoms with Crippen LogP contribution in [-0.4, -0.2) is 30.5 Å². The molecule has 0 aliphatic carbocycles. The summed E-state index contributed by atoms with van der Waals surface area (Å²) >= 11 is 11.3. The molecule has 2 N–H and O–H groups in total. The van der Waals surface area contributed by atoms with Gasteiger partial charge in [-0.15, -0.1) is 0 Å². The van der Waals surface area contributed by atoms with Gasteiger partial charge in [-0.2, -0.15) is 10.2 Å². The summed E-state index contributed by atoms with van der Waals surface area (Å²) in [5, 5.41) is 15.2. The molecule has 1 unspecified atom stereocenters. The summed E-state index contributed by atoms with van der Waals surface area (Å²) in [5.41, 5.74) is 3.71. The quantitative estimate of drug-likeness (QED) is 0.418. The van der Waals surface area contributed by atoms with E-state index in [-0.39, 0.29) is 18.5 Å². The topological polar surface area (TPSA) is 80.5 Å². The Morgan fingerprint density at radius 2 is 1.90 bits per heavy atom. The number of hydrogen-bond acceptors (Lipinski definition) is 4. The Morgan fingerprint density at radius 3 is 2.61 bits per heavy atom. The lowest BCUT2D eigenvalue weighted by molar-refractivity contribution is -0.122. The molecule has 0 saturated carbocycles. The number of H-pyrrole nitrogens is 1. The second-order valence-electron chi connectivity index (χ2n) is 7.17. The predicted molar refractivity (Wildman–Crippen MR) is 123 cm³/mol. The van der Waals surface area contributed by atoms with Gasteiger partial charge in [-0.25, -0.2) is 4.68 Å². The van der Waals surface area contributed by atoms with Crippen LogP contribution in [0.2, 0.25) is 5.02 Å². The number of para-hydroxylation sites is 1. The fourth-order valence-electron chi connectivity index (χ4n) is 3.47. The van der Waals surface area contributed by atoms with E-state index in [1.54, 1.807) is 22.9 Å². The summed E-state index contributed by atoms with van der Waals surface area (Å²) in [6, 6.07) is 16.9. The lowest BCUT2D eigenvalue weighted by Crippen LogP contribution is -2.30. The highest BCUT2D eigenvalue weighted by Crippen LogP contribution is 2.22. The Labute approximate surface area is 189 Å². The number of nitrogens with zero attached hydrogens (tertiary/aromatic N) is 4. The molecule has 2 aromatic heterocycles. The van der Waals surface area contributed by atoms with E-state index >= 15 is 0 Å². The van der Waals surface area contributed by atoms with Crippen LogP contribution in [0, 0.1) is 11.7 Å². The van der Waals surface area contributed by atoms with Crippen LogP contribution in [0.3, 0.4) is 0 Å². The van der Waals surface area contributed by atoms with E-state index in [0.29, 0.717) is 15.6 Å². The number of hydrogen-bond donors (Lipinski definition) is 2. The summed E-state index contributed by atoms with van der Waals surface area (Å²) in [6.07, 6.45) is 1.79. The van der Waals surface area contributed by atoms with Crippen molar-refractivity contribution in [1.29, 1.82) is 0 Å². The maximum absolute atomic E-state index is 12.8. The molecule has 31 heavy (non-hydrogen) atoms. The Bertz CT molecular complexity index is 1260. The van der Waals surface area contributed by atoms with Gasteiger partial charge in [0.15, 0.2) is 10.6 Å². The van der Waals surface area contributed by atoms with E-state index in [1.165, 1.54) is 0 Å². The van der Waals surface area contributed by atoms with E-state index < -0.39 is 0 Å². The SMILES string of the molecule is Cc1c(C(C)NC(=O)Cn2c(-c3ccc(Cl)cc3)n[nH]c2=S)cnn1-c1ccccc1. The first-order valence-electron chi connectivity index (χ1n) is 9.74. The first kappa shape index (κ1) is 21.0. The van der Waals surface area contributed by atoms with Crippen molar-refractivity contribution in [1.82, 2.24) is 29.9 Å². The van der Waals surface area contributed by atoms with E-state index in [2.05, 4.69) is 20.6 Å². The van der Waals surface area contributed by atoms with Crippen LogP contribution >= 0.6 is 23.8 Å². The van der Waals surface area contributed by atoms with Crippen LogP contribution < -0.4 is 5.32 Å². The van der Waals surface area contributed by atoms with Gasteiger partial charge in [0.1, 0.15) is 6.54 Å². The van der Waals surface area contributed by atoms with Crippen LogP contribution in [0.15, 0.2) is 60.8 Å². The van der Waals surface area contributed by atoms with E-state index in [1.807, 2.05) is 61.0 Å². The first-order valence-corrected chi connectivity index (χ1v) is 10.5. The van der Waals surface area contributed by atoms with Crippen LogP contribution in [0.4, 0.5) is 0 Å². The molecule has 2 heterocycles. The summed E-state index contributed by atoms with van der Waals surface area (Å²) in [4.78, 5) is 12.8. The molecule has 0 aliphatic heterocycles. The number of benzene rings is 2. The average Bonchev–Trinajstić information content (AvgIpc) is 3.32. The highest BCUT2D eigenvalue weighted by atomic mass is 35.5. The summed E-state index contributed by atoms with van der Waals surface area (Å²) < 4.78 is 3.91. The first-order chi connectivity index (χ1) is 14.9.